The van der Waals surface area contributed by atoms with Gasteiger partial charge in [-0.3, -0.25) is 10.1 Å². The van der Waals surface area contributed by atoms with Crippen molar-refractivity contribution in [2.24, 2.45) is 0 Å². The Balaban J connectivity index is 2.15. The molecule has 0 fully saturated rings. The Morgan fingerprint density at radius 1 is 1.10 bits per heavy atom. The third-order valence-corrected chi connectivity index (χ3v) is 2.65. The second-order valence-corrected chi connectivity index (χ2v) is 4.08. The van der Waals surface area contributed by atoms with E-state index in [-0.39, 0.29) is 11.4 Å². The van der Waals surface area contributed by atoms with Crippen molar-refractivity contribution in [1.82, 2.24) is 5.32 Å². The van der Waals surface area contributed by atoms with Crippen LogP contribution in [-0.4, -0.2) is 17.0 Å². The van der Waals surface area contributed by atoms with Crippen LogP contribution in [0.4, 0.5) is 10.5 Å². The van der Waals surface area contributed by atoms with Crippen molar-refractivity contribution in [3.8, 4) is 11.9 Å². The molecular formula is C15H11N3O3. The summed E-state index contributed by atoms with van der Waals surface area (Å²) in [6, 6.07) is 12.9. The molecule has 0 aliphatic rings. The molecule has 3 amide bonds. The van der Waals surface area contributed by atoms with Crippen LogP contribution < -0.4 is 10.2 Å². The molecule has 2 aromatic carbocycles. The summed E-state index contributed by atoms with van der Waals surface area (Å²) >= 11 is 0. The van der Waals surface area contributed by atoms with Gasteiger partial charge in [-0.2, -0.15) is 10.2 Å². The van der Waals surface area contributed by atoms with Crippen molar-refractivity contribution in [2.75, 3.05) is 4.90 Å². The second-order valence-electron chi connectivity index (χ2n) is 4.08. The van der Waals surface area contributed by atoms with Crippen LogP contribution in [0.15, 0.2) is 54.6 Å². The molecule has 6 nitrogen and oxygen atoms in total. The SMILES string of the molecule is N#CN(C(=O)NC(=O)c1ccccc1)c1cccc(O)c1. The summed E-state index contributed by atoms with van der Waals surface area (Å²) in [5.74, 6) is -0.698. The van der Waals surface area contributed by atoms with Gasteiger partial charge in [0.1, 0.15) is 5.75 Å². The highest BCUT2D eigenvalue weighted by Gasteiger charge is 2.19. The van der Waals surface area contributed by atoms with Crippen molar-refractivity contribution in [3.63, 3.8) is 0 Å². The third kappa shape index (κ3) is 3.36. The Hall–Kier alpha value is -3.33. The van der Waals surface area contributed by atoms with E-state index in [0.29, 0.717) is 10.5 Å². The number of phenols is 1. The van der Waals surface area contributed by atoms with Crippen LogP contribution in [0.3, 0.4) is 0 Å². The largest absolute Gasteiger partial charge is 0.508 e. The van der Waals surface area contributed by atoms with Crippen LogP contribution in [0.2, 0.25) is 0 Å². The average Bonchev–Trinajstić information content (AvgIpc) is 2.49. The van der Waals surface area contributed by atoms with E-state index in [2.05, 4.69) is 5.32 Å². The van der Waals surface area contributed by atoms with E-state index in [1.54, 1.807) is 36.5 Å². The average molecular weight is 281 g/mol. The number of rotatable bonds is 2. The van der Waals surface area contributed by atoms with E-state index in [0.717, 1.165) is 0 Å². The summed E-state index contributed by atoms with van der Waals surface area (Å²) in [7, 11) is 0. The number of phenolic OH excluding ortho intramolecular Hbond substituents is 1. The highest BCUT2D eigenvalue weighted by molar-refractivity contribution is 6.09. The van der Waals surface area contributed by atoms with Crippen LogP contribution in [-0.2, 0) is 0 Å². The zero-order valence-electron chi connectivity index (χ0n) is 10.9. The Labute approximate surface area is 120 Å². The molecule has 2 N–H and O–H groups in total. The van der Waals surface area contributed by atoms with Crippen LogP contribution in [0.5, 0.6) is 5.75 Å². The van der Waals surface area contributed by atoms with E-state index in [9.17, 15) is 14.7 Å². The zero-order valence-corrected chi connectivity index (χ0v) is 10.9. The zero-order chi connectivity index (χ0) is 15.2. The quantitative estimate of drug-likeness (QED) is 0.652. The van der Waals surface area contributed by atoms with Crippen molar-refractivity contribution in [2.45, 2.75) is 0 Å². The standard InChI is InChI=1S/C15H11N3O3/c16-10-18(12-7-4-8-13(19)9-12)15(21)17-14(20)11-5-2-1-3-6-11/h1-9,19H,(H,17,20,21). The fourth-order valence-corrected chi connectivity index (χ4v) is 1.67. The summed E-state index contributed by atoms with van der Waals surface area (Å²) in [5, 5.41) is 20.5. The molecule has 0 saturated heterocycles. The maximum Gasteiger partial charge on any atom is 0.342 e. The fraction of sp³-hybridized carbons (Fsp3) is 0. The first kappa shape index (κ1) is 14.1. The number of imide groups is 1. The monoisotopic (exact) mass is 281 g/mol. The first-order valence-corrected chi connectivity index (χ1v) is 6.01. The normalized spacial score (nSPS) is 9.48. The van der Waals surface area contributed by atoms with E-state index in [1.807, 2.05) is 0 Å². The second kappa shape index (κ2) is 6.21. The number of hydrogen-bond acceptors (Lipinski definition) is 4. The number of benzene rings is 2. The molecule has 0 aromatic heterocycles. The van der Waals surface area contributed by atoms with Crippen molar-refractivity contribution < 1.29 is 14.7 Å². The number of carbonyl (C=O) groups is 2. The molecule has 0 aliphatic heterocycles. The number of nitriles is 1. The molecule has 6 heteroatoms. The number of aromatic hydroxyl groups is 1. The van der Waals surface area contributed by atoms with Gasteiger partial charge in [0.2, 0.25) is 0 Å². The van der Waals surface area contributed by atoms with E-state index < -0.39 is 11.9 Å². The minimum absolute atomic E-state index is 0.0880. The lowest BCUT2D eigenvalue weighted by atomic mass is 10.2. The molecule has 0 bridgehead atoms. The van der Waals surface area contributed by atoms with Gasteiger partial charge in [0.15, 0.2) is 6.19 Å². The number of anilines is 1. The molecule has 104 valence electrons. The highest BCUT2D eigenvalue weighted by atomic mass is 16.3. The Morgan fingerprint density at radius 2 is 1.81 bits per heavy atom. The molecule has 0 atom stereocenters. The van der Waals surface area contributed by atoms with Gasteiger partial charge in [0.25, 0.3) is 5.91 Å². The molecule has 0 spiro atoms. The smallest absolute Gasteiger partial charge is 0.342 e. The Bertz CT molecular complexity index is 708. The predicted molar refractivity (Wildman–Crippen MR) is 75.5 cm³/mol. The number of carbonyl (C=O) groups excluding carboxylic acids is 2. The van der Waals surface area contributed by atoms with Crippen molar-refractivity contribution >= 4 is 17.6 Å². The van der Waals surface area contributed by atoms with Gasteiger partial charge in [-0.05, 0) is 24.3 Å². The van der Waals surface area contributed by atoms with Gasteiger partial charge in [0, 0.05) is 11.6 Å². The van der Waals surface area contributed by atoms with Gasteiger partial charge >= 0.3 is 6.03 Å². The Morgan fingerprint density at radius 3 is 2.43 bits per heavy atom. The fourth-order valence-electron chi connectivity index (χ4n) is 1.67. The molecule has 21 heavy (non-hydrogen) atoms. The molecule has 0 aliphatic carbocycles. The third-order valence-electron chi connectivity index (χ3n) is 2.65. The highest BCUT2D eigenvalue weighted by Crippen LogP contribution is 2.19. The molecule has 0 heterocycles. The first-order valence-electron chi connectivity index (χ1n) is 6.01. The summed E-state index contributed by atoms with van der Waals surface area (Å²) in [5.41, 5.74) is 0.468. The molecule has 2 aromatic rings. The first-order chi connectivity index (χ1) is 10.1. The van der Waals surface area contributed by atoms with Crippen molar-refractivity contribution in [1.29, 1.82) is 5.26 Å². The van der Waals surface area contributed by atoms with E-state index in [4.69, 9.17) is 5.26 Å². The van der Waals surface area contributed by atoms with Crippen molar-refractivity contribution in [3.05, 3.63) is 60.2 Å². The van der Waals surface area contributed by atoms with Gasteiger partial charge in [-0.25, -0.2) is 4.79 Å². The molecule has 0 saturated carbocycles. The minimum Gasteiger partial charge on any atom is -0.508 e. The van der Waals surface area contributed by atoms with Crippen LogP contribution in [0.1, 0.15) is 10.4 Å². The van der Waals surface area contributed by atoms with E-state index in [1.165, 1.54) is 24.3 Å². The molecule has 0 radical (unpaired) electrons. The number of nitrogens with zero attached hydrogens (tertiary/aromatic N) is 2. The minimum atomic E-state index is -0.892. The molecular weight excluding hydrogens is 270 g/mol. The van der Waals surface area contributed by atoms with Gasteiger partial charge in [-0.15, -0.1) is 0 Å². The summed E-state index contributed by atoms with van der Waals surface area (Å²) < 4.78 is 0. The lowest BCUT2D eigenvalue weighted by molar-refractivity contribution is 0.0966. The number of amides is 3. The van der Waals surface area contributed by atoms with Gasteiger partial charge < -0.3 is 5.11 Å². The lowest BCUT2D eigenvalue weighted by Crippen LogP contribution is -2.40. The number of nitrogens with one attached hydrogen (secondary N) is 1. The van der Waals surface area contributed by atoms with Gasteiger partial charge in [-0.1, -0.05) is 24.3 Å². The van der Waals surface area contributed by atoms with Gasteiger partial charge in [0.05, 0.1) is 5.69 Å². The summed E-state index contributed by atoms with van der Waals surface area (Å²) in [6.07, 6.45) is 1.66. The summed E-state index contributed by atoms with van der Waals surface area (Å²) in [6.45, 7) is 0. The number of urea groups is 1. The number of hydrogen-bond donors (Lipinski definition) is 2. The lowest BCUT2D eigenvalue weighted by Gasteiger charge is -2.14. The maximum absolute atomic E-state index is 12.0. The van der Waals surface area contributed by atoms with Crippen LogP contribution >= 0.6 is 0 Å². The Kier molecular flexibility index (Phi) is 4.17. The maximum atomic E-state index is 12.0. The predicted octanol–water partition coefficient (Wildman–Crippen LogP) is 2.23. The topological polar surface area (TPSA) is 93.4 Å². The molecule has 2 rings (SSSR count). The van der Waals surface area contributed by atoms with Crippen LogP contribution in [0, 0.1) is 11.5 Å². The van der Waals surface area contributed by atoms with Crippen LogP contribution in [0.25, 0.3) is 0 Å². The molecule has 0 unspecified atom stereocenters. The van der Waals surface area contributed by atoms with E-state index >= 15 is 0 Å². The summed E-state index contributed by atoms with van der Waals surface area (Å²) in [4.78, 5) is 24.5.